The van der Waals surface area contributed by atoms with Crippen LogP contribution in [0.25, 0.3) is 0 Å². The van der Waals surface area contributed by atoms with Gasteiger partial charge in [0.15, 0.2) is 0 Å². The smallest absolute Gasteiger partial charge is 0.331 e. The van der Waals surface area contributed by atoms with Crippen molar-refractivity contribution in [2.24, 2.45) is 11.3 Å². The number of hydrogen-bond acceptors (Lipinski definition) is 2. The van der Waals surface area contributed by atoms with Gasteiger partial charge in [0.05, 0.1) is 5.41 Å². The van der Waals surface area contributed by atoms with Gasteiger partial charge in [-0.2, -0.15) is 0 Å². The molecule has 4 heteroatoms. The zero-order chi connectivity index (χ0) is 21.3. The molecule has 1 aliphatic carbocycles. The lowest BCUT2D eigenvalue weighted by Gasteiger charge is -2.34. The van der Waals surface area contributed by atoms with Gasteiger partial charge in [-0.15, -0.1) is 0 Å². The lowest BCUT2D eigenvalue weighted by molar-refractivity contribution is -0.148. The highest BCUT2D eigenvalue weighted by molar-refractivity contribution is 5.91. The zero-order valence-electron chi connectivity index (χ0n) is 17.8. The molecule has 2 N–H and O–H groups in total. The molecule has 0 aliphatic heterocycles. The van der Waals surface area contributed by atoms with E-state index < -0.39 is 23.3 Å². The minimum Gasteiger partial charge on any atom is -0.481 e. The van der Waals surface area contributed by atoms with Crippen molar-refractivity contribution >= 4 is 11.9 Å². The second kappa shape index (κ2) is 10.8. The maximum Gasteiger partial charge on any atom is 0.331 e. The van der Waals surface area contributed by atoms with E-state index in [0.717, 1.165) is 31.3 Å². The van der Waals surface area contributed by atoms with Crippen LogP contribution in [-0.2, 0) is 9.59 Å². The molecule has 4 nitrogen and oxygen atoms in total. The first-order valence-corrected chi connectivity index (χ1v) is 9.91. The van der Waals surface area contributed by atoms with Gasteiger partial charge in [-0.3, -0.25) is 4.79 Å². The third-order valence-corrected chi connectivity index (χ3v) is 5.46. The van der Waals surface area contributed by atoms with E-state index in [4.69, 9.17) is 0 Å². The Kier molecular flexibility index (Phi) is 9.17. The maximum absolute atomic E-state index is 12.0. The van der Waals surface area contributed by atoms with Crippen LogP contribution >= 0.6 is 0 Å². The molecule has 2 unspecified atom stereocenters. The average molecular weight is 387 g/mol. The van der Waals surface area contributed by atoms with Crippen molar-refractivity contribution in [3.05, 3.63) is 58.7 Å². The third-order valence-electron chi connectivity index (χ3n) is 5.46. The molecule has 0 aromatic carbocycles. The van der Waals surface area contributed by atoms with Gasteiger partial charge in [-0.1, -0.05) is 60.1 Å². The van der Waals surface area contributed by atoms with E-state index in [1.54, 1.807) is 19.1 Å². The summed E-state index contributed by atoms with van der Waals surface area (Å²) in [5, 5.41) is 19.2. The van der Waals surface area contributed by atoms with Crippen molar-refractivity contribution < 1.29 is 19.8 Å². The Bertz CT molecular complexity index is 730. The lowest BCUT2D eigenvalue weighted by atomic mass is 9.67. The van der Waals surface area contributed by atoms with Crippen molar-refractivity contribution in [1.82, 2.24) is 0 Å². The third kappa shape index (κ3) is 6.66. The van der Waals surface area contributed by atoms with Crippen LogP contribution in [0.4, 0.5) is 0 Å². The molecular weight excluding hydrogens is 352 g/mol. The van der Waals surface area contributed by atoms with E-state index >= 15 is 0 Å². The quantitative estimate of drug-likeness (QED) is 0.446. The van der Waals surface area contributed by atoms with Crippen LogP contribution in [0.2, 0.25) is 0 Å². The van der Waals surface area contributed by atoms with Gasteiger partial charge < -0.3 is 10.2 Å². The summed E-state index contributed by atoms with van der Waals surface area (Å²) in [5.41, 5.74) is 2.77. The molecule has 28 heavy (non-hydrogen) atoms. The fourth-order valence-corrected chi connectivity index (χ4v) is 3.42. The maximum atomic E-state index is 12.0. The van der Waals surface area contributed by atoms with Crippen LogP contribution in [-0.4, -0.2) is 22.2 Å². The van der Waals surface area contributed by atoms with Crippen molar-refractivity contribution in [2.75, 3.05) is 0 Å². The highest BCUT2D eigenvalue weighted by Crippen LogP contribution is 2.41. The first-order valence-electron chi connectivity index (χ1n) is 9.91. The van der Waals surface area contributed by atoms with Gasteiger partial charge in [-0.25, -0.2) is 4.79 Å². The topological polar surface area (TPSA) is 74.6 Å². The summed E-state index contributed by atoms with van der Waals surface area (Å²) in [4.78, 5) is 23.4. The minimum absolute atomic E-state index is 0.144. The molecule has 0 amide bonds. The Balaban J connectivity index is 2.73. The van der Waals surface area contributed by atoms with Crippen LogP contribution in [0.5, 0.6) is 0 Å². The Labute approximate surface area is 169 Å². The fourth-order valence-electron chi connectivity index (χ4n) is 3.42. The second-order valence-electron chi connectivity index (χ2n) is 8.02. The molecule has 1 rings (SSSR count). The summed E-state index contributed by atoms with van der Waals surface area (Å²) in [7, 11) is 0. The number of carbonyl (C=O) groups is 2. The van der Waals surface area contributed by atoms with Gasteiger partial charge in [0, 0.05) is 11.5 Å². The molecule has 0 fully saturated rings. The van der Waals surface area contributed by atoms with Crippen LogP contribution in [0.15, 0.2) is 58.7 Å². The molecule has 2 atom stereocenters. The van der Waals surface area contributed by atoms with Gasteiger partial charge in [0.2, 0.25) is 0 Å². The van der Waals surface area contributed by atoms with E-state index in [-0.39, 0.29) is 5.57 Å². The summed E-state index contributed by atoms with van der Waals surface area (Å²) in [5.74, 6) is -2.63. The van der Waals surface area contributed by atoms with Crippen LogP contribution in [0.1, 0.15) is 66.7 Å². The number of carboxylic acid groups (broad SMARTS) is 2. The van der Waals surface area contributed by atoms with Crippen molar-refractivity contribution in [2.45, 2.75) is 66.7 Å². The van der Waals surface area contributed by atoms with Gasteiger partial charge in [0.25, 0.3) is 0 Å². The van der Waals surface area contributed by atoms with Crippen LogP contribution in [0, 0.1) is 11.3 Å². The highest BCUT2D eigenvalue weighted by Gasteiger charge is 2.45. The molecule has 0 bridgehead atoms. The molecule has 0 spiro atoms. The highest BCUT2D eigenvalue weighted by atomic mass is 16.4. The van der Waals surface area contributed by atoms with Crippen LogP contribution in [0.3, 0.4) is 0 Å². The molecule has 0 radical (unpaired) electrons. The minimum atomic E-state index is -1.21. The van der Waals surface area contributed by atoms with Crippen molar-refractivity contribution in [1.29, 1.82) is 0 Å². The fraction of sp³-hybridized carbons (Fsp3) is 0.500. The van der Waals surface area contributed by atoms with Gasteiger partial charge in [0.1, 0.15) is 0 Å². The predicted molar refractivity (Wildman–Crippen MR) is 114 cm³/mol. The Morgan fingerprint density at radius 2 is 1.57 bits per heavy atom. The number of hydrogen-bond donors (Lipinski definition) is 2. The number of carboxylic acids is 2. The monoisotopic (exact) mass is 386 g/mol. The second-order valence-corrected chi connectivity index (χ2v) is 8.02. The molecule has 0 saturated heterocycles. The summed E-state index contributed by atoms with van der Waals surface area (Å²) >= 11 is 0. The van der Waals surface area contributed by atoms with E-state index in [2.05, 4.69) is 32.9 Å². The summed E-state index contributed by atoms with van der Waals surface area (Å²) in [6.07, 6.45) is 15.3. The van der Waals surface area contributed by atoms with Crippen LogP contribution < -0.4 is 0 Å². The standard InChI is InChI=1S/C24H34O4/c1-17(2)9-6-10-18(3)11-7-12-19(4)14-16-24(23(27)28)15-8-13-21(20(24)5)22(25)26/h8-9,11,13-15,20H,6-7,10,12,16H2,1-5H3,(H,25,26)(H,27,28). The molecule has 0 heterocycles. The van der Waals surface area contributed by atoms with Gasteiger partial charge in [-0.05, 0) is 59.8 Å². The normalized spacial score (nSPS) is 22.6. The predicted octanol–water partition coefficient (Wildman–Crippen LogP) is 6.08. The SMILES string of the molecule is CC(C)=CCCC(C)=CCCC(C)=CCC1(C(=O)O)C=CC=C(C(=O)O)C1C. The van der Waals surface area contributed by atoms with Crippen molar-refractivity contribution in [3.8, 4) is 0 Å². The zero-order valence-corrected chi connectivity index (χ0v) is 17.8. The van der Waals surface area contributed by atoms with E-state index in [0.29, 0.717) is 6.42 Å². The van der Waals surface area contributed by atoms with Crippen molar-refractivity contribution in [3.63, 3.8) is 0 Å². The van der Waals surface area contributed by atoms with E-state index in [1.165, 1.54) is 17.2 Å². The Morgan fingerprint density at radius 1 is 1.00 bits per heavy atom. The van der Waals surface area contributed by atoms with Gasteiger partial charge >= 0.3 is 11.9 Å². The Morgan fingerprint density at radius 3 is 2.11 bits per heavy atom. The molecule has 0 saturated carbocycles. The summed E-state index contributed by atoms with van der Waals surface area (Å²) < 4.78 is 0. The first-order chi connectivity index (χ1) is 13.1. The molecule has 0 aromatic heterocycles. The molecule has 0 aromatic rings. The molecule has 154 valence electrons. The van der Waals surface area contributed by atoms with E-state index in [9.17, 15) is 19.8 Å². The van der Waals surface area contributed by atoms with E-state index in [1.807, 2.05) is 13.0 Å². The summed E-state index contributed by atoms with van der Waals surface area (Å²) in [6.45, 7) is 10.0. The number of aliphatic carboxylic acids is 2. The first kappa shape index (κ1) is 23.7. The molecular formula is C24H34O4. The number of rotatable bonds is 10. The lowest BCUT2D eigenvalue weighted by Crippen LogP contribution is -2.39. The molecule has 1 aliphatic rings. The number of allylic oxidation sites excluding steroid dienone is 8. The summed E-state index contributed by atoms with van der Waals surface area (Å²) in [6, 6.07) is 0. The average Bonchev–Trinajstić information content (AvgIpc) is 2.60. The Hall–Kier alpha value is -2.36. The largest absolute Gasteiger partial charge is 0.481 e.